The van der Waals surface area contributed by atoms with Gasteiger partial charge in [-0.3, -0.25) is 14.4 Å². The van der Waals surface area contributed by atoms with Crippen LogP contribution in [0.5, 0.6) is 11.5 Å². The van der Waals surface area contributed by atoms with Gasteiger partial charge in [-0.05, 0) is 53.9 Å². The van der Waals surface area contributed by atoms with Crippen LogP contribution in [0.1, 0.15) is 48.9 Å². The van der Waals surface area contributed by atoms with Gasteiger partial charge in [0.15, 0.2) is 11.5 Å². The third-order valence-electron chi connectivity index (χ3n) is 7.46. The third kappa shape index (κ3) is 7.19. The van der Waals surface area contributed by atoms with E-state index in [0.717, 1.165) is 20.9 Å². The van der Waals surface area contributed by atoms with Gasteiger partial charge in [-0.2, -0.15) is 0 Å². The lowest BCUT2D eigenvalue weighted by atomic mass is 10.0. The first kappa shape index (κ1) is 32.6. The maximum atomic E-state index is 14.0. The van der Waals surface area contributed by atoms with E-state index in [1.807, 2.05) is 36.4 Å². The highest BCUT2D eigenvalue weighted by Crippen LogP contribution is 2.41. The van der Waals surface area contributed by atoms with E-state index in [1.54, 1.807) is 41.3 Å². The number of benzene rings is 3. The monoisotopic (exact) mass is 659 g/mol. The van der Waals surface area contributed by atoms with E-state index in [2.05, 4.69) is 10.6 Å². The molecule has 12 heteroatoms. The number of methoxy groups -OCH3 is 3. The number of ether oxygens (including phenoxy) is 3. The number of fused-ring (bicyclic) bond motifs is 1. The predicted molar refractivity (Wildman–Crippen MR) is 178 cm³/mol. The van der Waals surface area contributed by atoms with Gasteiger partial charge in [-0.15, -0.1) is 23.1 Å². The lowest BCUT2D eigenvalue weighted by Crippen LogP contribution is -2.33. The fourth-order valence-electron chi connectivity index (χ4n) is 5.12. The maximum Gasteiger partial charge on any atom is 0.341 e. The fourth-order valence-corrected chi connectivity index (χ4v) is 7.46. The second kappa shape index (κ2) is 14.5. The SMILES string of the molecule is COC(=O)c1c(NC(=O)C(Sc2cccc(NC(=O)c3ccc(OC)c(OC)c3)c2)c2ccccc2)sc2c1CCN(C(C)=O)C2. The summed E-state index contributed by atoms with van der Waals surface area (Å²) in [5.41, 5.74) is 2.82. The molecule has 0 aliphatic carbocycles. The van der Waals surface area contributed by atoms with Crippen molar-refractivity contribution in [1.29, 1.82) is 0 Å². The maximum absolute atomic E-state index is 14.0. The van der Waals surface area contributed by atoms with E-state index >= 15 is 0 Å². The molecule has 2 heterocycles. The number of carbonyl (C=O) groups excluding carboxylic acids is 4. The number of carbonyl (C=O) groups is 4. The smallest absolute Gasteiger partial charge is 0.341 e. The molecule has 1 unspecified atom stereocenters. The van der Waals surface area contributed by atoms with Crippen molar-refractivity contribution < 1.29 is 33.4 Å². The van der Waals surface area contributed by atoms with Crippen molar-refractivity contribution >= 4 is 57.5 Å². The summed E-state index contributed by atoms with van der Waals surface area (Å²) in [4.78, 5) is 55.3. The summed E-state index contributed by atoms with van der Waals surface area (Å²) in [7, 11) is 4.34. The summed E-state index contributed by atoms with van der Waals surface area (Å²) in [5, 5.41) is 5.60. The molecule has 1 aliphatic heterocycles. The van der Waals surface area contributed by atoms with Crippen molar-refractivity contribution in [3.05, 3.63) is 99.9 Å². The number of thiophene rings is 1. The van der Waals surface area contributed by atoms with Crippen LogP contribution in [0.25, 0.3) is 0 Å². The molecule has 0 saturated carbocycles. The minimum absolute atomic E-state index is 0.0491. The van der Waals surface area contributed by atoms with Crippen molar-refractivity contribution in [2.24, 2.45) is 0 Å². The number of anilines is 2. The minimum atomic E-state index is -0.698. The molecule has 0 spiro atoms. The standard InChI is InChI=1S/C34H33N3O7S2/c1-20(38)37-16-15-25-28(19-37)46-33(29(25)34(41)44-4)36-32(40)30(21-9-6-5-7-10-21)45-24-12-8-11-23(18-24)35-31(39)22-13-14-26(42-2)27(17-22)43-3/h5-14,17-18,30H,15-16,19H2,1-4H3,(H,35,39)(H,36,40). The summed E-state index contributed by atoms with van der Waals surface area (Å²) < 4.78 is 15.7. The van der Waals surface area contributed by atoms with E-state index in [-0.39, 0.29) is 17.7 Å². The minimum Gasteiger partial charge on any atom is -0.493 e. The zero-order chi connectivity index (χ0) is 32.8. The van der Waals surface area contributed by atoms with Gasteiger partial charge in [0.05, 0.1) is 33.4 Å². The number of hydrogen-bond donors (Lipinski definition) is 2. The summed E-state index contributed by atoms with van der Waals surface area (Å²) in [6.45, 7) is 2.37. The second-order valence-electron chi connectivity index (χ2n) is 10.3. The van der Waals surface area contributed by atoms with Gasteiger partial charge in [-0.25, -0.2) is 4.79 Å². The Kier molecular flexibility index (Phi) is 10.3. The molecular formula is C34H33N3O7S2. The highest BCUT2D eigenvalue weighted by atomic mass is 32.2. The lowest BCUT2D eigenvalue weighted by Gasteiger charge is -2.25. The van der Waals surface area contributed by atoms with Gasteiger partial charge < -0.3 is 29.7 Å². The molecule has 1 aromatic heterocycles. The molecule has 5 rings (SSSR count). The molecular weight excluding hydrogens is 627 g/mol. The van der Waals surface area contributed by atoms with Crippen molar-refractivity contribution in [3.8, 4) is 11.5 Å². The number of amides is 3. The molecule has 1 aliphatic rings. The first-order chi connectivity index (χ1) is 22.2. The Balaban J connectivity index is 1.39. The lowest BCUT2D eigenvalue weighted by molar-refractivity contribution is -0.129. The topological polar surface area (TPSA) is 123 Å². The number of nitrogens with one attached hydrogen (secondary N) is 2. The zero-order valence-corrected chi connectivity index (χ0v) is 27.4. The molecule has 4 aromatic rings. The Morgan fingerprint density at radius 1 is 0.891 bits per heavy atom. The average molecular weight is 660 g/mol. The Bertz CT molecular complexity index is 1770. The van der Waals surface area contributed by atoms with Gasteiger partial charge in [0.1, 0.15) is 10.3 Å². The Labute approximate surface area is 275 Å². The van der Waals surface area contributed by atoms with E-state index in [0.29, 0.717) is 52.8 Å². The molecule has 238 valence electrons. The first-order valence-corrected chi connectivity index (χ1v) is 16.1. The van der Waals surface area contributed by atoms with Crippen LogP contribution in [0.4, 0.5) is 10.7 Å². The van der Waals surface area contributed by atoms with Crippen LogP contribution in [-0.4, -0.2) is 56.5 Å². The molecule has 0 radical (unpaired) electrons. The van der Waals surface area contributed by atoms with Crippen molar-refractivity contribution in [2.75, 3.05) is 38.5 Å². The van der Waals surface area contributed by atoms with Crippen LogP contribution in [0.15, 0.2) is 77.7 Å². The number of rotatable bonds is 10. The largest absolute Gasteiger partial charge is 0.493 e. The highest BCUT2D eigenvalue weighted by Gasteiger charge is 2.32. The van der Waals surface area contributed by atoms with E-state index in [4.69, 9.17) is 14.2 Å². The van der Waals surface area contributed by atoms with Gasteiger partial charge in [-0.1, -0.05) is 36.4 Å². The van der Waals surface area contributed by atoms with Crippen LogP contribution in [0.3, 0.4) is 0 Å². The first-order valence-electron chi connectivity index (χ1n) is 14.4. The summed E-state index contributed by atoms with van der Waals surface area (Å²) in [6, 6.07) is 21.5. The summed E-state index contributed by atoms with van der Waals surface area (Å²) >= 11 is 2.60. The number of esters is 1. The highest BCUT2D eigenvalue weighted by molar-refractivity contribution is 8.00. The molecule has 0 bridgehead atoms. The van der Waals surface area contributed by atoms with Gasteiger partial charge in [0, 0.05) is 34.5 Å². The van der Waals surface area contributed by atoms with E-state index < -0.39 is 11.2 Å². The van der Waals surface area contributed by atoms with E-state index in [1.165, 1.54) is 51.4 Å². The molecule has 3 amide bonds. The number of thioether (sulfide) groups is 1. The predicted octanol–water partition coefficient (Wildman–Crippen LogP) is 6.18. The van der Waals surface area contributed by atoms with Gasteiger partial charge in [0.2, 0.25) is 11.8 Å². The normalized spacial score (nSPS) is 12.8. The zero-order valence-electron chi connectivity index (χ0n) is 25.7. The summed E-state index contributed by atoms with van der Waals surface area (Å²) in [5.74, 6) is -0.293. The number of nitrogens with zero attached hydrogens (tertiary/aromatic N) is 1. The van der Waals surface area contributed by atoms with Crippen LogP contribution in [0, 0.1) is 0 Å². The quantitative estimate of drug-likeness (QED) is 0.153. The molecule has 0 saturated heterocycles. The Morgan fingerprint density at radius 2 is 1.65 bits per heavy atom. The molecule has 2 N–H and O–H groups in total. The average Bonchev–Trinajstić information content (AvgIpc) is 3.43. The van der Waals surface area contributed by atoms with Gasteiger partial charge in [0.25, 0.3) is 5.91 Å². The van der Waals surface area contributed by atoms with Crippen LogP contribution in [0.2, 0.25) is 0 Å². The summed E-state index contributed by atoms with van der Waals surface area (Å²) in [6.07, 6.45) is 0.490. The third-order valence-corrected chi connectivity index (χ3v) is 9.84. The molecule has 46 heavy (non-hydrogen) atoms. The molecule has 1 atom stereocenters. The van der Waals surface area contributed by atoms with Crippen LogP contribution < -0.4 is 20.1 Å². The molecule has 0 fully saturated rings. The Morgan fingerprint density at radius 3 is 2.35 bits per heavy atom. The van der Waals surface area contributed by atoms with Crippen molar-refractivity contribution in [2.45, 2.75) is 30.0 Å². The second-order valence-corrected chi connectivity index (χ2v) is 12.6. The van der Waals surface area contributed by atoms with Crippen molar-refractivity contribution in [3.63, 3.8) is 0 Å². The molecule has 10 nitrogen and oxygen atoms in total. The number of hydrogen-bond acceptors (Lipinski definition) is 9. The van der Waals surface area contributed by atoms with Crippen LogP contribution in [-0.2, 0) is 27.3 Å². The van der Waals surface area contributed by atoms with E-state index in [9.17, 15) is 19.2 Å². The van der Waals surface area contributed by atoms with Crippen LogP contribution >= 0.6 is 23.1 Å². The fraction of sp³-hybridized carbons (Fsp3) is 0.235. The molecule has 3 aromatic carbocycles. The Hall–Kier alpha value is -4.81. The van der Waals surface area contributed by atoms with Gasteiger partial charge >= 0.3 is 5.97 Å². The van der Waals surface area contributed by atoms with Crippen molar-refractivity contribution in [1.82, 2.24) is 4.90 Å².